The number of carbonyl (C=O) groups is 1. The fraction of sp³-hybridized carbons (Fsp3) is 0.619. The predicted octanol–water partition coefficient (Wildman–Crippen LogP) is 3.65. The quantitative estimate of drug-likeness (QED) is 0.355. The maximum absolute atomic E-state index is 13.3. The van der Waals surface area contributed by atoms with Gasteiger partial charge in [-0.25, -0.2) is 9.18 Å². The lowest BCUT2D eigenvalue weighted by molar-refractivity contribution is 0.0963. The number of likely N-dealkylation sites (tertiary alicyclic amines) is 1. The number of hydrogen-bond donors (Lipinski definition) is 2. The molecule has 162 valence electrons. The Labute approximate surface area is 189 Å². The van der Waals surface area contributed by atoms with Gasteiger partial charge in [0, 0.05) is 38.1 Å². The first-order chi connectivity index (χ1) is 13.6. The van der Waals surface area contributed by atoms with Crippen LogP contribution in [0, 0.1) is 5.82 Å². The molecule has 1 aliphatic heterocycles. The average Bonchev–Trinajstić information content (AvgIpc) is 2.68. The monoisotopic (exact) mass is 518 g/mol. The molecule has 1 saturated heterocycles. The van der Waals surface area contributed by atoms with E-state index in [1.165, 1.54) is 12.0 Å². The third kappa shape index (κ3) is 5.96. The number of piperidine rings is 1. The summed E-state index contributed by atoms with van der Waals surface area (Å²) in [7, 11) is 1.77. The summed E-state index contributed by atoms with van der Waals surface area (Å²) < 4.78 is 18.3. The molecule has 0 unspecified atom stereocenters. The van der Waals surface area contributed by atoms with Gasteiger partial charge in [0.25, 0.3) is 0 Å². The van der Waals surface area contributed by atoms with Gasteiger partial charge in [0.2, 0.25) is 0 Å². The minimum absolute atomic E-state index is 0. The van der Waals surface area contributed by atoms with E-state index in [-0.39, 0.29) is 47.3 Å². The van der Waals surface area contributed by atoms with E-state index in [1.54, 1.807) is 24.1 Å². The van der Waals surface area contributed by atoms with Crippen LogP contribution in [-0.4, -0.2) is 56.3 Å². The lowest BCUT2D eigenvalue weighted by Gasteiger charge is -2.43. The molecule has 6 nitrogen and oxygen atoms in total. The molecule has 3 rings (SSSR count). The van der Waals surface area contributed by atoms with E-state index < -0.39 is 0 Å². The topological polar surface area (TPSA) is 66.0 Å². The van der Waals surface area contributed by atoms with Crippen molar-refractivity contribution >= 4 is 36.0 Å². The van der Waals surface area contributed by atoms with E-state index in [2.05, 4.69) is 15.6 Å². The van der Waals surface area contributed by atoms with Crippen LogP contribution in [0.2, 0.25) is 0 Å². The maximum atomic E-state index is 13.3. The molecule has 1 aliphatic carbocycles. The van der Waals surface area contributed by atoms with Crippen molar-refractivity contribution in [3.8, 4) is 0 Å². The van der Waals surface area contributed by atoms with Crippen molar-refractivity contribution in [2.75, 3.05) is 33.3 Å². The van der Waals surface area contributed by atoms with Crippen LogP contribution in [0.4, 0.5) is 9.18 Å². The van der Waals surface area contributed by atoms with E-state index >= 15 is 0 Å². The Morgan fingerprint density at radius 3 is 2.45 bits per heavy atom. The molecule has 2 aliphatic rings. The van der Waals surface area contributed by atoms with Gasteiger partial charge in [-0.2, -0.15) is 0 Å². The molecule has 1 aromatic rings. The molecule has 2 N–H and O–H groups in total. The van der Waals surface area contributed by atoms with Crippen LogP contribution in [0.3, 0.4) is 0 Å². The van der Waals surface area contributed by atoms with Gasteiger partial charge < -0.3 is 20.3 Å². The summed E-state index contributed by atoms with van der Waals surface area (Å²) in [6.45, 7) is 4.38. The molecule has 2 fully saturated rings. The number of amides is 1. The summed E-state index contributed by atoms with van der Waals surface area (Å²) in [5.74, 6) is 0.584. The Morgan fingerprint density at radius 2 is 1.93 bits per heavy atom. The molecular weight excluding hydrogens is 486 g/mol. The van der Waals surface area contributed by atoms with Crippen LogP contribution in [0.15, 0.2) is 29.3 Å². The van der Waals surface area contributed by atoms with Gasteiger partial charge in [0.05, 0.1) is 6.61 Å². The van der Waals surface area contributed by atoms with Gasteiger partial charge in [0.15, 0.2) is 5.96 Å². The lowest BCUT2D eigenvalue weighted by Crippen LogP contribution is -2.53. The van der Waals surface area contributed by atoms with Crippen molar-refractivity contribution in [3.05, 3.63) is 35.6 Å². The Bertz CT molecular complexity index is 686. The third-order valence-corrected chi connectivity index (χ3v) is 5.95. The molecule has 0 aromatic heterocycles. The number of guanidine groups is 1. The number of aliphatic imine (C=N–C) groups is 1. The van der Waals surface area contributed by atoms with Crippen LogP contribution in [0.1, 0.15) is 44.6 Å². The number of nitrogens with one attached hydrogen (secondary N) is 2. The molecular formula is C21H32FIN4O2. The van der Waals surface area contributed by atoms with Crippen molar-refractivity contribution in [1.29, 1.82) is 0 Å². The number of carbonyl (C=O) groups excluding carboxylic acids is 1. The van der Waals surface area contributed by atoms with Gasteiger partial charge in [0.1, 0.15) is 5.82 Å². The Kier molecular flexibility index (Phi) is 8.98. The average molecular weight is 518 g/mol. The lowest BCUT2D eigenvalue weighted by atomic mass is 9.64. The van der Waals surface area contributed by atoms with Gasteiger partial charge in [-0.15, -0.1) is 24.0 Å². The highest BCUT2D eigenvalue weighted by molar-refractivity contribution is 14.0. The van der Waals surface area contributed by atoms with Gasteiger partial charge in [-0.05, 0) is 50.3 Å². The number of benzene rings is 1. The molecule has 0 bridgehead atoms. The minimum atomic E-state index is -0.227. The molecule has 29 heavy (non-hydrogen) atoms. The van der Waals surface area contributed by atoms with E-state index in [9.17, 15) is 9.18 Å². The third-order valence-electron chi connectivity index (χ3n) is 5.95. The highest BCUT2D eigenvalue weighted by atomic mass is 127. The summed E-state index contributed by atoms with van der Waals surface area (Å²) in [6.07, 6.45) is 4.89. The van der Waals surface area contributed by atoms with E-state index in [4.69, 9.17) is 4.74 Å². The zero-order valence-corrected chi connectivity index (χ0v) is 19.6. The molecule has 1 saturated carbocycles. The van der Waals surface area contributed by atoms with Crippen molar-refractivity contribution < 1.29 is 13.9 Å². The van der Waals surface area contributed by atoms with Gasteiger partial charge in [-0.3, -0.25) is 4.99 Å². The number of rotatable bonds is 5. The standard InChI is InChI=1S/C21H31FN4O2.HI/c1-3-28-20(27)26-13-9-18(10-14-26)25-19(23-2)24-15-21(11-4-12-21)16-5-7-17(22)8-6-16;/h5-8,18H,3-4,9-15H2,1-2H3,(H2,23,24,25);1H. The van der Waals surface area contributed by atoms with Crippen molar-refractivity contribution in [3.63, 3.8) is 0 Å². The van der Waals surface area contributed by atoms with Crippen molar-refractivity contribution in [2.45, 2.75) is 50.5 Å². The molecule has 0 radical (unpaired) electrons. The molecule has 1 amide bonds. The second-order valence-electron chi connectivity index (χ2n) is 7.67. The molecule has 8 heteroatoms. The summed E-state index contributed by atoms with van der Waals surface area (Å²) in [5, 5.41) is 6.95. The zero-order valence-electron chi connectivity index (χ0n) is 17.2. The second kappa shape index (κ2) is 11.0. The summed E-state index contributed by atoms with van der Waals surface area (Å²) >= 11 is 0. The van der Waals surface area contributed by atoms with E-state index in [0.717, 1.165) is 38.2 Å². The number of ether oxygens (including phenoxy) is 1. The normalized spacial score (nSPS) is 19.0. The number of hydrogen-bond acceptors (Lipinski definition) is 3. The van der Waals surface area contributed by atoms with Crippen LogP contribution < -0.4 is 10.6 Å². The van der Waals surface area contributed by atoms with Crippen molar-refractivity contribution in [2.24, 2.45) is 4.99 Å². The van der Waals surface area contributed by atoms with E-state index in [1.807, 2.05) is 19.1 Å². The summed E-state index contributed by atoms with van der Waals surface area (Å²) in [5.41, 5.74) is 1.24. The first kappa shape index (κ1) is 23.7. The predicted molar refractivity (Wildman–Crippen MR) is 123 cm³/mol. The molecule has 0 atom stereocenters. The fourth-order valence-corrected chi connectivity index (χ4v) is 4.04. The van der Waals surface area contributed by atoms with Crippen LogP contribution >= 0.6 is 24.0 Å². The minimum Gasteiger partial charge on any atom is -0.450 e. The fourth-order valence-electron chi connectivity index (χ4n) is 4.04. The largest absolute Gasteiger partial charge is 0.450 e. The Hall–Kier alpha value is -1.58. The van der Waals surface area contributed by atoms with E-state index in [0.29, 0.717) is 19.7 Å². The molecule has 0 spiro atoms. The smallest absolute Gasteiger partial charge is 0.409 e. The number of nitrogens with zero attached hydrogens (tertiary/aromatic N) is 2. The highest BCUT2D eigenvalue weighted by Gasteiger charge is 2.38. The first-order valence-electron chi connectivity index (χ1n) is 10.2. The zero-order chi connectivity index (χ0) is 20.0. The molecule has 1 heterocycles. The maximum Gasteiger partial charge on any atom is 0.409 e. The van der Waals surface area contributed by atoms with Gasteiger partial charge in [-0.1, -0.05) is 18.6 Å². The van der Waals surface area contributed by atoms with Crippen LogP contribution in [-0.2, 0) is 10.2 Å². The summed E-state index contributed by atoms with van der Waals surface area (Å²) in [4.78, 5) is 17.9. The summed E-state index contributed by atoms with van der Waals surface area (Å²) in [6, 6.07) is 7.16. The SMILES string of the molecule is CCOC(=O)N1CCC(NC(=NC)NCC2(c3ccc(F)cc3)CCC2)CC1.I. The van der Waals surface area contributed by atoms with Crippen LogP contribution in [0.5, 0.6) is 0 Å². The van der Waals surface area contributed by atoms with Crippen LogP contribution in [0.25, 0.3) is 0 Å². The Morgan fingerprint density at radius 1 is 1.28 bits per heavy atom. The number of halogens is 2. The Balaban J connectivity index is 0.00000300. The second-order valence-corrected chi connectivity index (χ2v) is 7.67. The van der Waals surface area contributed by atoms with Gasteiger partial charge >= 0.3 is 6.09 Å². The van der Waals surface area contributed by atoms with Crippen molar-refractivity contribution in [1.82, 2.24) is 15.5 Å². The molecule has 1 aromatic carbocycles. The highest BCUT2D eigenvalue weighted by Crippen LogP contribution is 2.43. The first-order valence-corrected chi connectivity index (χ1v) is 10.2.